The number of ether oxygens (including phenoxy) is 5. The summed E-state index contributed by atoms with van der Waals surface area (Å²) in [5.41, 5.74) is -0.145. The molecule has 236 valence electrons. The number of carbonyl (C=O) groups is 3. The SMILES string of the molecule is CCCCC(C)(C)C(O)CC[C@H]1CC[C@H](OC(C)=O)[C@@H]1CCC(CC=C(OC1CCCCO1)C(=O)OC)OC(C)=O. The summed E-state index contributed by atoms with van der Waals surface area (Å²) < 4.78 is 27.6. The molecule has 9 nitrogen and oxygen atoms in total. The molecule has 1 aliphatic heterocycles. The molecule has 0 spiro atoms. The second-order valence-electron chi connectivity index (χ2n) is 12.4. The predicted octanol–water partition coefficient (Wildman–Crippen LogP) is 6.00. The van der Waals surface area contributed by atoms with Crippen LogP contribution in [0.15, 0.2) is 11.8 Å². The van der Waals surface area contributed by atoms with Crippen molar-refractivity contribution in [3.8, 4) is 0 Å². The molecule has 0 aromatic heterocycles. The predicted molar refractivity (Wildman–Crippen MR) is 154 cm³/mol. The van der Waals surface area contributed by atoms with E-state index in [1.54, 1.807) is 6.08 Å². The van der Waals surface area contributed by atoms with Gasteiger partial charge in [-0.2, -0.15) is 0 Å². The molecule has 41 heavy (non-hydrogen) atoms. The number of methoxy groups -OCH3 is 1. The van der Waals surface area contributed by atoms with Crippen LogP contribution < -0.4 is 0 Å². The number of esters is 3. The van der Waals surface area contributed by atoms with E-state index in [4.69, 9.17) is 23.7 Å². The molecular formula is C32H54O9. The minimum absolute atomic E-state index is 0.0489. The van der Waals surface area contributed by atoms with Crippen LogP contribution in [0.1, 0.15) is 118 Å². The number of hydrogen-bond acceptors (Lipinski definition) is 9. The van der Waals surface area contributed by atoms with E-state index in [2.05, 4.69) is 20.8 Å². The van der Waals surface area contributed by atoms with Crippen molar-refractivity contribution in [2.75, 3.05) is 13.7 Å². The lowest BCUT2D eigenvalue weighted by molar-refractivity contribution is -0.162. The Morgan fingerprint density at radius 3 is 2.39 bits per heavy atom. The van der Waals surface area contributed by atoms with Crippen LogP contribution in [0, 0.1) is 17.3 Å². The molecule has 3 unspecified atom stereocenters. The van der Waals surface area contributed by atoms with Gasteiger partial charge in [0.25, 0.3) is 0 Å². The third-order valence-electron chi connectivity index (χ3n) is 8.61. The van der Waals surface area contributed by atoms with Crippen LogP contribution in [0.2, 0.25) is 0 Å². The van der Waals surface area contributed by atoms with Gasteiger partial charge in [-0.3, -0.25) is 9.59 Å². The topological polar surface area (TPSA) is 118 Å². The highest BCUT2D eigenvalue weighted by molar-refractivity contribution is 5.86. The molecule has 1 heterocycles. The van der Waals surface area contributed by atoms with Crippen LogP contribution in [-0.2, 0) is 38.1 Å². The summed E-state index contributed by atoms with van der Waals surface area (Å²) in [6.07, 6.45) is 10.5. The summed E-state index contributed by atoms with van der Waals surface area (Å²) in [4.78, 5) is 36.2. The summed E-state index contributed by atoms with van der Waals surface area (Å²) in [6.45, 7) is 9.80. The van der Waals surface area contributed by atoms with Gasteiger partial charge in [0.1, 0.15) is 12.2 Å². The monoisotopic (exact) mass is 582 g/mol. The van der Waals surface area contributed by atoms with Crippen LogP contribution in [0.25, 0.3) is 0 Å². The van der Waals surface area contributed by atoms with Crippen LogP contribution in [0.3, 0.4) is 0 Å². The van der Waals surface area contributed by atoms with E-state index in [1.807, 2.05) is 0 Å². The highest BCUT2D eigenvalue weighted by Crippen LogP contribution is 2.42. The Hall–Kier alpha value is -2.13. The molecule has 2 fully saturated rings. The van der Waals surface area contributed by atoms with E-state index >= 15 is 0 Å². The van der Waals surface area contributed by atoms with Gasteiger partial charge in [-0.05, 0) is 81.1 Å². The molecule has 1 saturated carbocycles. The number of aliphatic hydroxyl groups is 1. The molecule has 0 radical (unpaired) electrons. The van der Waals surface area contributed by atoms with Gasteiger partial charge in [-0.1, -0.05) is 33.6 Å². The first-order chi connectivity index (χ1) is 19.5. The summed E-state index contributed by atoms with van der Waals surface area (Å²) in [7, 11) is 1.29. The van der Waals surface area contributed by atoms with E-state index in [0.717, 1.165) is 51.4 Å². The van der Waals surface area contributed by atoms with Gasteiger partial charge in [0.05, 0.1) is 19.8 Å². The molecule has 1 N–H and O–H groups in total. The first-order valence-electron chi connectivity index (χ1n) is 15.6. The fourth-order valence-corrected chi connectivity index (χ4v) is 6.11. The lowest BCUT2D eigenvalue weighted by atomic mass is 9.77. The standard InChI is InChI=1S/C32H54O9/c1-7-8-20-32(4,5)29(35)19-13-24-12-17-27(40-23(3)34)26(24)16-14-25(39-22(2)33)15-18-28(31(36)37-6)41-30-11-9-10-21-38-30/h18,24-27,29-30,35H,7-17,19-21H2,1-6H3/t24-,25?,26-,27+,29?,30?/m1/s1. The molecule has 6 atom stereocenters. The number of carbonyl (C=O) groups excluding carboxylic acids is 3. The van der Waals surface area contributed by atoms with Crippen molar-refractivity contribution in [1.82, 2.24) is 0 Å². The molecular weight excluding hydrogens is 528 g/mol. The van der Waals surface area contributed by atoms with Crippen molar-refractivity contribution in [2.24, 2.45) is 17.3 Å². The Balaban J connectivity index is 2.09. The molecule has 0 amide bonds. The van der Waals surface area contributed by atoms with Gasteiger partial charge in [0, 0.05) is 26.7 Å². The summed E-state index contributed by atoms with van der Waals surface area (Å²) in [6, 6.07) is 0. The van der Waals surface area contributed by atoms with Crippen LogP contribution in [-0.4, -0.2) is 61.3 Å². The van der Waals surface area contributed by atoms with Gasteiger partial charge in [-0.15, -0.1) is 0 Å². The van der Waals surface area contributed by atoms with Crippen molar-refractivity contribution < 1.29 is 43.2 Å². The van der Waals surface area contributed by atoms with Crippen molar-refractivity contribution in [1.29, 1.82) is 0 Å². The number of aliphatic hydroxyl groups excluding tert-OH is 1. The Labute approximate surface area is 246 Å². The van der Waals surface area contributed by atoms with Gasteiger partial charge in [0.15, 0.2) is 6.29 Å². The van der Waals surface area contributed by atoms with E-state index in [9.17, 15) is 19.5 Å². The molecule has 0 aromatic carbocycles. The molecule has 2 rings (SSSR count). The number of rotatable bonds is 17. The van der Waals surface area contributed by atoms with Gasteiger partial charge in [-0.25, -0.2) is 4.79 Å². The summed E-state index contributed by atoms with van der Waals surface area (Å²) >= 11 is 0. The summed E-state index contributed by atoms with van der Waals surface area (Å²) in [5.74, 6) is -0.873. The summed E-state index contributed by atoms with van der Waals surface area (Å²) in [5, 5.41) is 11.0. The van der Waals surface area contributed by atoms with E-state index < -0.39 is 30.4 Å². The third kappa shape index (κ3) is 12.3. The van der Waals surface area contributed by atoms with Gasteiger partial charge < -0.3 is 28.8 Å². The maximum absolute atomic E-state index is 12.4. The van der Waals surface area contributed by atoms with Crippen molar-refractivity contribution in [3.63, 3.8) is 0 Å². The molecule has 1 saturated heterocycles. The van der Waals surface area contributed by atoms with E-state index in [0.29, 0.717) is 38.2 Å². The Morgan fingerprint density at radius 2 is 1.78 bits per heavy atom. The van der Waals surface area contributed by atoms with Crippen LogP contribution in [0.5, 0.6) is 0 Å². The second-order valence-corrected chi connectivity index (χ2v) is 12.4. The van der Waals surface area contributed by atoms with Crippen LogP contribution in [0.4, 0.5) is 0 Å². The Kier molecular flexibility index (Phi) is 15.2. The lowest BCUT2D eigenvalue weighted by Gasteiger charge is -2.32. The van der Waals surface area contributed by atoms with Gasteiger partial charge in [0.2, 0.25) is 5.76 Å². The smallest absolute Gasteiger partial charge is 0.373 e. The van der Waals surface area contributed by atoms with E-state index in [1.165, 1.54) is 21.0 Å². The van der Waals surface area contributed by atoms with Crippen molar-refractivity contribution in [3.05, 3.63) is 11.8 Å². The fraction of sp³-hybridized carbons (Fsp3) is 0.844. The largest absolute Gasteiger partial charge is 0.463 e. The zero-order valence-electron chi connectivity index (χ0n) is 26.2. The quantitative estimate of drug-likeness (QED) is 0.0953. The maximum Gasteiger partial charge on any atom is 0.373 e. The molecule has 0 aromatic rings. The first-order valence-corrected chi connectivity index (χ1v) is 15.6. The average Bonchev–Trinajstić information content (AvgIpc) is 3.31. The minimum atomic E-state index is -0.605. The first kappa shape index (κ1) is 35.1. The number of unbranched alkanes of at least 4 members (excludes halogenated alkanes) is 1. The average molecular weight is 583 g/mol. The zero-order valence-corrected chi connectivity index (χ0v) is 26.2. The highest BCUT2D eigenvalue weighted by Gasteiger charge is 2.39. The zero-order chi connectivity index (χ0) is 30.4. The third-order valence-corrected chi connectivity index (χ3v) is 8.61. The van der Waals surface area contributed by atoms with E-state index in [-0.39, 0.29) is 35.6 Å². The number of hydrogen-bond donors (Lipinski definition) is 1. The lowest BCUT2D eigenvalue weighted by Crippen LogP contribution is -2.31. The van der Waals surface area contributed by atoms with Crippen LogP contribution >= 0.6 is 0 Å². The Morgan fingerprint density at radius 1 is 1.02 bits per heavy atom. The maximum atomic E-state index is 12.4. The second kappa shape index (κ2) is 17.7. The fourth-order valence-electron chi connectivity index (χ4n) is 6.11. The molecule has 9 heteroatoms. The normalized spacial score (nSPS) is 24.8. The molecule has 1 aliphatic carbocycles. The molecule has 0 bridgehead atoms. The Bertz CT molecular complexity index is 846. The highest BCUT2D eigenvalue weighted by atomic mass is 16.7. The van der Waals surface area contributed by atoms with Crippen molar-refractivity contribution in [2.45, 2.75) is 143 Å². The molecule has 2 aliphatic rings. The van der Waals surface area contributed by atoms with Gasteiger partial charge >= 0.3 is 17.9 Å². The van der Waals surface area contributed by atoms with Crippen molar-refractivity contribution >= 4 is 17.9 Å². The minimum Gasteiger partial charge on any atom is -0.463 e.